The zero-order valence-electron chi connectivity index (χ0n) is 29.9. The van der Waals surface area contributed by atoms with Gasteiger partial charge in [-0.15, -0.1) is 12.1 Å². The minimum absolute atomic E-state index is 0. The Morgan fingerprint density at radius 2 is 0.904 bits per heavy atom. The zero-order chi connectivity index (χ0) is 34.8. The maximum absolute atomic E-state index is 6.64. The Hall–Kier alpha value is -5.28. The molecule has 256 valence electrons. The van der Waals surface area contributed by atoms with Crippen LogP contribution in [0.5, 0.6) is 11.5 Å². The molecular weight excluding hydrogens is 731 g/mol. The number of rotatable bonds is 2. The van der Waals surface area contributed by atoms with Crippen molar-refractivity contribution in [3.05, 3.63) is 132 Å². The molecule has 6 aromatic carbocycles. The summed E-state index contributed by atoms with van der Waals surface area (Å²) in [6.45, 7) is 13.5. The second-order valence-electron chi connectivity index (χ2n) is 15.8. The Morgan fingerprint density at radius 3 is 1.33 bits per heavy atom. The summed E-state index contributed by atoms with van der Waals surface area (Å²) in [5.74, 6) is 1.22. The van der Waals surface area contributed by atoms with Crippen LogP contribution in [0.4, 0.5) is 0 Å². The number of hydrogen-bond acceptors (Lipinski definition) is 3. The van der Waals surface area contributed by atoms with E-state index in [4.69, 9.17) is 14.7 Å². The summed E-state index contributed by atoms with van der Waals surface area (Å²) >= 11 is 0. The van der Waals surface area contributed by atoms with Crippen LogP contribution in [0.3, 0.4) is 0 Å². The van der Waals surface area contributed by atoms with Crippen molar-refractivity contribution in [2.75, 3.05) is 0 Å². The Morgan fingerprint density at radius 1 is 0.481 bits per heavy atom. The monoisotopic (exact) mass is 766 g/mol. The Balaban J connectivity index is 0.00000360. The van der Waals surface area contributed by atoms with Crippen molar-refractivity contribution < 1.29 is 25.2 Å². The van der Waals surface area contributed by atoms with E-state index in [0.29, 0.717) is 11.5 Å². The molecule has 0 aliphatic heterocycles. The van der Waals surface area contributed by atoms with Gasteiger partial charge in [0.2, 0.25) is 0 Å². The predicted octanol–water partition coefficient (Wildman–Crippen LogP) is 11.9. The molecule has 6 heteroatoms. The van der Waals surface area contributed by atoms with Crippen molar-refractivity contribution in [2.45, 2.75) is 52.4 Å². The molecule has 52 heavy (non-hydrogen) atoms. The summed E-state index contributed by atoms with van der Waals surface area (Å²) in [4.78, 5) is 10.2. The van der Waals surface area contributed by atoms with Gasteiger partial charge < -0.3 is 13.5 Å². The van der Waals surface area contributed by atoms with Gasteiger partial charge in [0.1, 0.15) is 0 Å². The molecule has 0 atom stereocenters. The first-order valence-electron chi connectivity index (χ1n) is 17.6. The topological polar surface area (TPSA) is 43.8 Å². The van der Waals surface area contributed by atoms with Crippen LogP contribution in [0.15, 0.2) is 109 Å². The first kappa shape index (κ1) is 32.6. The zero-order valence-corrected chi connectivity index (χ0v) is 31.5. The average molecular weight is 767 g/mol. The Bertz CT molecular complexity index is 2880. The molecule has 10 rings (SSSR count). The molecule has 0 aliphatic rings. The molecule has 0 fully saturated rings. The number of aromatic nitrogens is 4. The molecule has 0 spiro atoms. The van der Waals surface area contributed by atoms with Crippen molar-refractivity contribution in [1.29, 1.82) is 0 Å². The quantitative estimate of drug-likeness (QED) is 0.1000. The fraction of sp³-hybridized carbons (Fsp3) is 0.174. The largest absolute Gasteiger partial charge is 2.00 e. The molecule has 10 aromatic rings. The van der Waals surface area contributed by atoms with Crippen molar-refractivity contribution >= 4 is 76.7 Å². The maximum atomic E-state index is 6.64. The molecule has 0 unspecified atom stereocenters. The second-order valence-corrected chi connectivity index (χ2v) is 15.8. The summed E-state index contributed by atoms with van der Waals surface area (Å²) in [5, 5.41) is 6.38. The molecule has 0 N–H and O–H groups in total. The van der Waals surface area contributed by atoms with Crippen molar-refractivity contribution in [3.63, 3.8) is 0 Å². The fourth-order valence-corrected chi connectivity index (χ4v) is 7.69. The molecule has 0 aliphatic carbocycles. The third kappa shape index (κ3) is 4.85. The molecule has 0 radical (unpaired) electrons. The number of imidazole rings is 2. The predicted molar refractivity (Wildman–Crippen MR) is 211 cm³/mol. The number of hydrogen-bond donors (Lipinski definition) is 0. The van der Waals surface area contributed by atoms with E-state index < -0.39 is 0 Å². The molecular formula is C46H36N4OPd. The molecule has 4 aromatic heterocycles. The summed E-state index contributed by atoms with van der Waals surface area (Å²) < 4.78 is 11.2. The number of ether oxygens (including phenoxy) is 1. The number of pyridine rings is 2. The van der Waals surface area contributed by atoms with Gasteiger partial charge in [0.25, 0.3) is 0 Å². The fourth-order valence-electron chi connectivity index (χ4n) is 7.69. The molecule has 0 amide bonds. The van der Waals surface area contributed by atoms with Crippen LogP contribution in [0.1, 0.15) is 52.7 Å². The average Bonchev–Trinajstić information content (AvgIpc) is 3.71. The van der Waals surface area contributed by atoms with Crippen molar-refractivity contribution in [2.24, 2.45) is 0 Å². The van der Waals surface area contributed by atoms with Gasteiger partial charge in [-0.25, -0.2) is 0 Å². The smallest absolute Gasteiger partial charge is 0.497 e. The van der Waals surface area contributed by atoms with E-state index in [0.717, 1.165) is 65.9 Å². The first-order chi connectivity index (χ1) is 24.5. The molecule has 0 bridgehead atoms. The van der Waals surface area contributed by atoms with Crippen molar-refractivity contribution in [3.8, 4) is 11.5 Å². The van der Waals surface area contributed by atoms with Gasteiger partial charge in [0.15, 0.2) is 0 Å². The number of benzene rings is 6. The first-order valence-corrected chi connectivity index (χ1v) is 17.6. The molecule has 0 saturated heterocycles. The third-order valence-electron chi connectivity index (χ3n) is 10.4. The standard InChI is InChI=1S/C46H36N4O.Pd/c1-45(2,3)27-15-21-39-33(23-27)31-19-17-29(25-35(31)43-47-37-11-7-9-13-41(37)49(39)43)51-30-18-20-32-34-24-28(46(4,5)6)16-22-40(34)50-42-14-10-8-12-38(42)48-44(50)36(32)26-30;/h7-24H,1-6H3;/q-2;+2. The minimum Gasteiger partial charge on any atom is -0.497 e. The van der Waals surface area contributed by atoms with Gasteiger partial charge in [-0.1, -0.05) is 136 Å². The van der Waals surface area contributed by atoms with Crippen molar-refractivity contribution in [1.82, 2.24) is 18.8 Å². The van der Waals surface area contributed by atoms with Crippen LogP contribution in [-0.2, 0) is 31.3 Å². The third-order valence-corrected chi connectivity index (χ3v) is 10.4. The number of para-hydroxylation sites is 4. The maximum Gasteiger partial charge on any atom is 2.00 e. The van der Waals surface area contributed by atoms with E-state index in [2.05, 4.69) is 147 Å². The second kappa shape index (κ2) is 11.4. The van der Waals surface area contributed by atoms with E-state index in [-0.39, 0.29) is 31.3 Å². The Labute approximate surface area is 315 Å². The van der Waals surface area contributed by atoms with E-state index in [1.807, 2.05) is 24.3 Å². The van der Waals surface area contributed by atoms with Crippen LogP contribution in [-0.4, -0.2) is 18.8 Å². The van der Waals surface area contributed by atoms with Crippen LogP contribution in [0, 0.1) is 12.1 Å². The van der Waals surface area contributed by atoms with E-state index in [1.165, 1.54) is 21.9 Å². The van der Waals surface area contributed by atoms with Crippen LogP contribution in [0.2, 0.25) is 0 Å². The van der Waals surface area contributed by atoms with Gasteiger partial charge >= 0.3 is 20.4 Å². The van der Waals surface area contributed by atoms with Gasteiger partial charge in [0, 0.05) is 22.5 Å². The Kier molecular flexibility index (Phi) is 7.13. The van der Waals surface area contributed by atoms with E-state index >= 15 is 0 Å². The summed E-state index contributed by atoms with van der Waals surface area (Å²) in [6, 6.07) is 45.9. The molecule has 5 nitrogen and oxygen atoms in total. The number of nitrogens with zero attached hydrogens (tertiary/aromatic N) is 4. The van der Waals surface area contributed by atoms with Crippen LogP contribution >= 0.6 is 0 Å². The van der Waals surface area contributed by atoms with Gasteiger partial charge in [0.05, 0.1) is 33.4 Å². The van der Waals surface area contributed by atoms with Gasteiger partial charge in [-0.3, -0.25) is 9.97 Å². The summed E-state index contributed by atoms with van der Waals surface area (Å²) in [5.41, 5.74) is 10.6. The normalized spacial score (nSPS) is 12.7. The SMILES string of the molecule is CC(C)(C)c1ccc2c(c1)c1ccc(Oc3[c-]c4c(cc3)c3cc(C(C)(C)C)ccc3n3c5ccccc5nc43)[c-]c1c1nc3ccccc3n21.[Pd+2]. The van der Waals surface area contributed by atoms with E-state index in [9.17, 15) is 0 Å². The van der Waals surface area contributed by atoms with Gasteiger partial charge in [-0.2, -0.15) is 0 Å². The molecule has 4 heterocycles. The summed E-state index contributed by atoms with van der Waals surface area (Å²) in [6.07, 6.45) is 0. The van der Waals surface area contributed by atoms with Crippen LogP contribution in [0.25, 0.3) is 76.7 Å². The van der Waals surface area contributed by atoms with Gasteiger partial charge in [-0.05, 0) is 69.1 Å². The van der Waals surface area contributed by atoms with E-state index in [1.54, 1.807) is 0 Å². The number of fused-ring (bicyclic) bond motifs is 16. The van der Waals surface area contributed by atoms with Crippen LogP contribution < -0.4 is 4.74 Å². The minimum atomic E-state index is 0. The molecule has 0 saturated carbocycles. The summed E-state index contributed by atoms with van der Waals surface area (Å²) in [7, 11) is 0.